The number of nitrogens with zero attached hydrogens (tertiary/aromatic N) is 1. The van der Waals surface area contributed by atoms with Crippen LogP contribution in [-0.4, -0.2) is 50.4 Å². The van der Waals surface area contributed by atoms with E-state index < -0.39 is 0 Å². The fourth-order valence-electron chi connectivity index (χ4n) is 2.53. The molecule has 1 unspecified atom stereocenters. The maximum atomic E-state index is 6.13. The first kappa shape index (κ1) is 16.4. The van der Waals surface area contributed by atoms with Crippen LogP contribution in [0.3, 0.4) is 0 Å². The molecule has 0 aromatic heterocycles. The van der Waals surface area contributed by atoms with Crippen LogP contribution in [-0.2, 0) is 4.74 Å². The van der Waals surface area contributed by atoms with E-state index in [9.17, 15) is 0 Å². The molecule has 21 heavy (non-hydrogen) atoms. The molecule has 4 nitrogen and oxygen atoms in total. The van der Waals surface area contributed by atoms with Crippen molar-refractivity contribution in [2.24, 2.45) is 0 Å². The number of aryl methyl sites for hydroxylation is 1. The van der Waals surface area contributed by atoms with Gasteiger partial charge in [0.15, 0.2) is 0 Å². The van der Waals surface area contributed by atoms with Crippen molar-refractivity contribution in [3.05, 3.63) is 22.7 Å². The number of methoxy groups -OCH3 is 1. The Kier molecular flexibility index (Phi) is 5.73. The number of morpholine rings is 1. The minimum absolute atomic E-state index is 0.196. The number of halogens is 1. The summed E-state index contributed by atoms with van der Waals surface area (Å²) >= 11 is 6.13. The van der Waals surface area contributed by atoms with Gasteiger partial charge in [0.1, 0.15) is 5.75 Å². The summed E-state index contributed by atoms with van der Waals surface area (Å²) in [6.07, 6.45) is 0.196. The molecule has 1 saturated heterocycles. The van der Waals surface area contributed by atoms with Crippen LogP contribution in [0.5, 0.6) is 5.75 Å². The summed E-state index contributed by atoms with van der Waals surface area (Å²) in [5, 5.41) is 4.15. The van der Waals surface area contributed by atoms with Crippen LogP contribution in [0.15, 0.2) is 12.1 Å². The SMILES string of the molecule is COc1cc(Cl)c(C)cc1NCC1CN(C(C)C)CCO1. The molecule has 118 valence electrons. The lowest BCUT2D eigenvalue weighted by molar-refractivity contribution is -0.0315. The minimum atomic E-state index is 0.196. The maximum absolute atomic E-state index is 6.13. The number of benzene rings is 1. The van der Waals surface area contributed by atoms with Crippen molar-refractivity contribution in [2.45, 2.75) is 32.9 Å². The molecule has 1 aromatic carbocycles. The Hall–Kier alpha value is -0.970. The number of rotatable bonds is 5. The summed E-state index contributed by atoms with van der Waals surface area (Å²) in [4.78, 5) is 2.44. The maximum Gasteiger partial charge on any atom is 0.143 e. The predicted octanol–water partition coefficient (Wildman–Crippen LogP) is 3.18. The second kappa shape index (κ2) is 7.34. The van der Waals surface area contributed by atoms with E-state index in [1.807, 2.05) is 19.1 Å². The number of hydrogen-bond donors (Lipinski definition) is 1. The lowest BCUT2D eigenvalue weighted by Crippen LogP contribution is -2.48. The topological polar surface area (TPSA) is 33.7 Å². The zero-order valence-corrected chi connectivity index (χ0v) is 14.0. The van der Waals surface area contributed by atoms with Gasteiger partial charge in [-0.05, 0) is 32.4 Å². The van der Waals surface area contributed by atoms with Crippen LogP contribution in [0.2, 0.25) is 5.02 Å². The van der Waals surface area contributed by atoms with Gasteiger partial charge < -0.3 is 14.8 Å². The summed E-state index contributed by atoms with van der Waals surface area (Å²) in [5.41, 5.74) is 2.00. The monoisotopic (exact) mass is 312 g/mol. The van der Waals surface area contributed by atoms with Crippen molar-refractivity contribution < 1.29 is 9.47 Å². The highest BCUT2D eigenvalue weighted by Crippen LogP contribution is 2.31. The molecular weight excluding hydrogens is 288 g/mol. The second-order valence-electron chi connectivity index (χ2n) is 5.76. The van der Waals surface area contributed by atoms with E-state index in [0.717, 1.165) is 48.3 Å². The first-order chi connectivity index (χ1) is 10.0. The Balaban J connectivity index is 1.98. The van der Waals surface area contributed by atoms with Crippen LogP contribution in [0, 0.1) is 6.92 Å². The molecule has 1 aliphatic heterocycles. The molecular formula is C16H25ClN2O2. The largest absolute Gasteiger partial charge is 0.495 e. The molecule has 0 spiro atoms. The Bertz CT molecular complexity index is 480. The van der Waals surface area contributed by atoms with E-state index in [1.165, 1.54) is 0 Å². The molecule has 0 amide bonds. The zero-order valence-electron chi connectivity index (χ0n) is 13.3. The smallest absolute Gasteiger partial charge is 0.143 e. The predicted molar refractivity (Wildman–Crippen MR) is 87.7 cm³/mol. The Morgan fingerprint density at radius 3 is 2.90 bits per heavy atom. The molecule has 0 bridgehead atoms. The van der Waals surface area contributed by atoms with Gasteiger partial charge in [0.25, 0.3) is 0 Å². The third kappa shape index (κ3) is 4.25. The minimum Gasteiger partial charge on any atom is -0.495 e. The van der Waals surface area contributed by atoms with Gasteiger partial charge in [-0.25, -0.2) is 0 Å². The third-order valence-corrected chi connectivity index (χ3v) is 4.31. The van der Waals surface area contributed by atoms with Gasteiger partial charge in [0.05, 0.1) is 25.5 Å². The average molecular weight is 313 g/mol. The van der Waals surface area contributed by atoms with E-state index in [4.69, 9.17) is 21.1 Å². The highest BCUT2D eigenvalue weighted by molar-refractivity contribution is 6.31. The lowest BCUT2D eigenvalue weighted by atomic mass is 10.2. The number of anilines is 1. The molecule has 1 heterocycles. The molecule has 1 N–H and O–H groups in total. The lowest BCUT2D eigenvalue weighted by Gasteiger charge is -2.35. The van der Waals surface area contributed by atoms with Crippen molar-refractivity contribution in [1.82, 2.24) is 4.90 Å². The molecule has 5 heteroatoms. The van der Waals surface area contributed by atoms with Gasteiger partial charge in [0, 0.05) is 36.8 Å². The first-order valence-electron chi connectivity index (χ1n) is 7.45. The summed E-state index contributed by atoms with van der Waals surface area (Å²) in [5.74, 6) is 0.766. The van der Waals surface area contributed by atoms with Gasteiger partial charge in [-0.1, -0.05) is 11.6 Å². The highest BCUT2D eigenvalue weighted by Gasteiger charge is 2.22. The van der Waals surface area contributed by atoms with E-state index in [0.29, 0.717) is 6.04 Å². The molecule has 1 atom stereocenters. The molecule has 1 aliphatic rings. The Morgan fingerprint density at radius 1 is 1.48 bits per heavy atom. The van der Waals surface area contributed by atoms with Crippen molar-refractivity contribution in [2.75, 3.05) is 38.7 Å². The van der Waals surface area contributed by atoms with Crippen LogP contribution in [0.25, 0.3) is 0 Å². The van der Waals surface area contributed by atoms with Crippen LogP contribution < -0.4 is 10.1 Å². The third-order valence-electron chi connectivity index (χ3n) is 3.90. The van der Waals surface area contributed by atoms with E-state index >= 15 is 0 Å². The highest BCUT2D eigenvalue weighted by atomic mass is 35.5. The van der Waals surface area contributed by atoms with Crippen molar-refractivity contribution in [3.8, 4) is 5.75 Å². The van der Waals surface area contributed by atoms with Crippen molar-refractivity contribution >= 4 is 17.3 Å². The van der Waals surface area contributed by atoms with Gasteiger partial charge in [-0.3, -0.25) is 4.90 Å². The van der Waals surface area contributed by atoms with Crippen molar-refractivity contribution in [3.63, 3.8) is 0 Å². The molecule has 1 fully saturated rings. The Labute approximate surface area is 132 Å². The van der Waals surface area contributed by atoms with Crippen molar-refractivity contribution in [1.29, 1.82) is 0 Å². The number of nitrogens with one attached hydrogen (secondary N) is 1. The summed E-state index contributed by atoms with van der Waals surface area (Å²) in [6.45, 7) is 9.96. The van der Waals surface area contributed by atoms with Gasteiger partial charge >= 0.3 is 0 Å². The first-order valence-corrected chi connectivity index (χ1v) is 7.82. The molecule has 0 aliphatic carbocycles. The number of hydrogen-bond acceptors (Lipinski definition) is 4. The molecule has 1 aromatic rings. The fraction of sp³-hybridized carbons (Fsp3) is 0.625. The van der Waals surface area contributed by atoms with Gasteiger partial charge in [-0.15, -0.1) is 0 Å². The van der Waals surface area contributed by atoms with Crippen LogP contribution in [0.4, 0.5) is 5.69 Å². The van der Waals surface area contributed by atoms with E-state index in [1.54, 1.807) is 7.11 Å². The summed E-state index contributed by atoms with van der Waals surface area (Å²) in [6, 6.07) is 4.43. The average Bonchev–Trinajstić information content (AvgIpc) is 2.48. The van der Waals surface area contributed by atoms with E-state index in [-0.39, 0.29) is 6.10 Å². The summed E-state index contributed by atoms with van der Waals surface area (Å²) < 4.78 is 11.2. The molecule has 0 saturated carbocycles. The standard InChI is InChI=1S/C16H25ClN2O2/c1-11(2)19-5-6-21-13(10-19)9-18-15-7-12(3)14(17)8-16(15)20-4/h7-8,11,13,18H,5-6,9-10H2,1-4H3. The Morgan fingerprint density at radius 2 is 2.24 bits per heavy atom. The van der Waals surface area contributed by atoms with Crippen LogP contribution in [0.1, 0.15) is 19.4 Å². The van der Waals surface area contributed by atoms with Gasteiger partial charge in [0.2, 0.25) is 0 Å². The normalized spacial score (nSPS) is 19.8. The number of ether oxygens (including phenoxy) is 2. The summed E-state index contributed by atoms with van der Waals surface area (Å²) in [7, 11) is 1.66. The fourth-order valence-corrected chi connectivity index (χ4v) is 2.68. The van der Waals surface area contributed by atoms with Gasteiger partial charge in [-0.2, -0.15) is 0 Å². The quantitative estimate of drug-likeness (QED) is 0.905. The second-order valence-corrected chi connectivity index (χ2v) is 6.17. The zero-order chi connectivity index (χ0) is 15.4. The van der Waals surface area contributed by atoms with E-state index in [2.05, 4.69) is 24.1 Å². The van der Waals surface area contributed by atoms with Crippen LogP contribution >= 0.6 is 11.6 Å². The molecule has 0 radical (unpaired) electrons. The molecule has 2 rings (SSSR count).